The third kappa shape index (κ3) is 1.89. The van der Waals surface area contributed by atoms with Gasteiger partial charge in [-0.3, -0.25) is 4.79 Å². The van der Waals surface area contributed by atoms with E-state index in [1.807, 2.05) is 0 Å². The molecule has 0 radical (unpaired) electrons. The average Bonchev–Trinajstić information content (AvgIpc) is 2.56. The van der Waals surface area contributed by atoms with Crippen LogP contribution >= 0.6 is 0 Å². The number of carbonyl (C=O) groups excluding carboxylic acids is 1. The Balaban J connectivity index is 2.33. The summed E-state index contributed by atoms with van der Waals surface area (Å²) in [7, 11) is 0. The van der Waals surface area contributed by atoms with Gasteiger partial charge in [0.2, 0.25) is 0 Å². The predicted octanol–water partition coefficient (Wildman–Crippen LogP) is 0.476. The highest BCUT2D eigenvalue weighted by Crippen LogP contribution is 2.25. The van der Waals surface area contributed by atoms with Crippen molar-refractivity contribution < 1.29 is 19.8 Å². The van der Waals surface area contributed by atoms with Crippen LogP contribution in [0.3, 0.4) is 0 Å². The second kappa shape index (κ2) is 4.18. The Bertz CT molecular complexity index is 469. The number of fused-ring (bicyclic) bond motifs is 1. The third-order valence-electron chi connectivity index (χ3n) is 2.90. The van der Waals surface area contributed by atoms with Crippen LogP contribution < -0.4 is 0 Å². The van der Waals surface area contributed by atoms with Crippen LogP contribution in [-0.2, 0) is 11.3 Å². The van der Waals surface area contributed by atoms with Crippen LogP contribution in [0.2, 0.25) is 0 Å². The average molecular weight is 235 g/mol. The Morgan fingerprint density at radius 1 is 1.41 bits per heavy atom. The SMILES string of the molecule is C[C@H](O)[C@@H](C(=O)O)N1Cc2ccccc2C1=O. The molecule has 0 spiro atoms. The zero-order valence-corrected chi connectivity index (χ0v) is 9.33. The number of amides is 1. The summed E-state index contributed by atoms with van der Waals surface area (Å²) < 4.78 is 0. The zero-order valence-electron chi connectivity index (χ0n) is 9.33. The van der Waals surface area contributed by atoms with Gasteiger partial charge < -0.3 is 15.1 Å². The molecule has 0 unspecified atom stereocenters. The number of aliphatic hydroxyl groups is 1. The van der Waals surface area contributed by atoms with E-state index < -0.39 is 18.1 Å². The molecule has 1 amide bonds. The van der Waals surface area contributed by atoms with Gasteiger partial charge in [0.25, 0.3) is 5.91 Å². The number of rotatable bonds is 3. The van der Waals surface area contributed by atoms with Crippen molar-refractivity contribution in [3.05, 3.63) is 35.4 Å². The summed E-state index contributed by atoms with van der Waals surface area (Å²) in [5.41, 5.74) is 1.31. The maximum atomic E-state index is 12.0. The Labute approximate surface area is 98.3 Å². The summed E-state index contributed by atoms with van der Waals surface area (Å²) in [5, 5.41) is 18.5. The first-order chi connectivity index (χ1) is 8.02. The zero-order chi connectivity index (χ0) is 12.6. The quantitative estimate of drug-likeness (QED) is 0.798. The maximum absolute atomic E-state index is 12.0. The van der Waals surface area contributed by atoms with Gasteiger partial charge in [0.15, 0.2) is 6.04 Å². The molecule has 0 fully saturated rings. The fourth-order valence-corrected chi connectivity index (χ4v) is 2.10. The number of benzene rings is 1. The molecule has 1 heterocycles. The summed E-state index contributed by atoms with van der Waals surface area (Å²) >= 11 is 0. The Morgan fingerprint density at radius 3 is 2.59 bits per heavy atom. The minimum atomic E-state index is -1.20. The van der Waals surface area contributed by atoms with Gasteiger partial charge in [0, 0.05) is 12.1 Å². The molecule has 0 aromatic heterocycles. The summed E-state index contributed by atoms with van der Waals surface area (Å²) in [6.07, 6.45) is -1.11. The molecule has 2 rings (SSSR count). The van der Waals surface area contributed by atoms with Gasteiger partial charge in [0.1, 0.15) is 0 Å². The van der Waals surface area contributed by atoms with Gasteiger partial charge in [-0.1, -0.05) is 18.2 Å². The molecule has 2 atom stereocenters. The molecular weight excluding hydrogens is 222 g/mol. The number of hydrogen-bond donors (Lipinski definition) is 2. The van der Waals surface area contributed by atoms with Crippen molar-refractivity contribution in [2.75, 3.05) is 0 Å². The van der Waals surface area contributed by atoms with Crippen LogP contribution in [0, 0.1) is 0 Å². The highest BCUT2D eigenvalue weighted by atomic mass is 16.4. The fourth-order valence-electron chi connectivity index (χ4n) is 2.10. The van der Waals surface area contributed by atoms with Crippen molar-refractivity contribution in [2.24, 2.45) is 0 Å². The molecule has 0 saturated heterocycles. The number of hydrogen-bond acceptors (Lipinski definition) is 3. The van der Waals surface area contributed by atoms with Gasteiger partial charge in [-0.05, 0) is 18.6 Å². The van der Waals surface area contributed by atoms with E-state index in [4.69, 9.17) is 5.11 Å². The first-order valence-electron chi connectivity index (χ1n) is 5.32. The van der Waals surface area contributed by atoms with Crippen LogP contribution in [-0.4, -0.2) is 39.1 Å². The fraction of sp³-hybridized carbons (Fsp3) is 0.333. The van der Waals surface area contributed by atoms with Gasteiger partial charge in [0.05, 0.1) is 6.10 Å². The van der Waals surface area contributed by atoms with E-state index in [1.54, 1.807) is 24.3 Å². The number of carbonyl (C=O) groups is 2. The molecule has 5 heteroatoms. The minimum Gasteiger partial charge on any atom is -0.480 e. The van der Waals surface area contributed by atoms with E-state index in [1.165, 1.54) is 11.8 Å². The molecule has 0 saturated carbocycles. The topological polar surface area (TPSA) is 77.8 Å². The van der Waals surface area contributed by atoms with Crippen LogP contribution in [0.1, 0.15) is 22.8 Å². The van der Waals surface area contributed by atoms with Crippen molar-refractivity contribution in [3.8, 4) is 0 Å². The molecule has 1 aliphatic heterocycles. The van der Waals surface area contributed by atoms with E-state index >= 15 is 0 Å². The molecule has 1 aliphatic rings. The molecule has 5 nitrogen and oxygen atoms in total. The van der Waals surface area contributed by atoms with Crippen molar-refractivity contribution in [2.45, 2.75) is 25.6 Å². The van der Waals surface area contributed by atoms with Crippen molar-refractivity contribution in [3.63, 3.8) is 0 Å². The number of nitrogens with zero attached hydrogens (tertiary/aromatic N) is 1. The third-order valence-corrected chi connectivity index (χ3v) is 2.90. The Morgan fingerprint density at radius 2 is 2.06 bits per heavy atom. The number of aliphatic carboxylic acids is 1. The summed E-state index contributed by atoms with van der Waals surface area (Å²) in [6, 6.07) is 5.79. The molecule has 0 aliphatic carbocycles. The van der Waals surface area contributed by atoms with Gasteiger partial charge >= 0.3 is 5.97 Å². The van der Waals surface area contributed by atoms with Gasteiger partial charge in [-0.25, -0.2) is 4.79 Å². The van der Waals surface area contributed by atoms with E-state index in [2.05, 4.69) is 0 Å². The smallest absolute Gasteiger partial charge is 0.329 e. The summed E-state index contributed by atoms with van der Waals surface area (Å²) in [5.74, 6) is -1.53. The first-order valence-corrected chi connectivity index (χ1v) is 5.32. The van der Waals surface area contributed by atoms with Crippen LogP contribution in [0.4, 0.5) is 0 Å². The highest BCUT2D eigenvalue weighted by molar-refractivity contribution is 6.00. The van der Waals surface area contributed by atoms with Crippen LogP contribution in [0.15, 0.2) is 24.3 Å². The van der Waals surface area contributed by atoms with E-state index in [9.17, 15) is 14.7 Å². The second-order valence-corrected chi connectivity index (χ2v) is 4.11. The predicted molar refractivity (Wildman–Crippen MR) is 59.4 cm³/mol. The second-order valence-electron chi connectivity index (χ2n) is 4.11. The van der Waals surface area contributed by atoms with Crippen LogP contribution in [0.25, 0.3) is 0 Å². The lowest BCUT2D eigenvalue weighted by Gasteiger charge is -2.26. The lowest BCUT2D eigenvalue weighted by molar-refractivity contribution is -0.146. The Hall–Kier alpha value is -1.88. The molecule has 1 aromatic rings. The Kier molecular flexibility index (Phi) is 2.85. The molecule has 0 bridgehead atoms. The lowest BCUT2D eigenvalue weighted by atomic mass is 10.1. The number of aliphatic hydroxyl groups excluding tert-OH is 1. The first kappa shape index (κ1) is 11.6. The number of carboxylic acid groups (broad SMARTS) is 1. The van der Waals surface area contributed by atoms with Crippen molar-refractivity contribution in [1.29, 1.82) is 0 Å². The van der Waals surface area contributed by atoms with Crippen molar-refractivity contribution >= 4 is 11.9 Å². The van der Waals surface area contributed by atoms with E-state index in [0.717, 1.165) is 5.56 Å². The van der Waals surface area contributed by atoms with Gasteiger partial charge in [-0.15, -0.1) is 0 Å². The molecule has 17 heavy (non-hydrogen) atoms. The summed E-state index contributed by atoms with van der Waals surface area (Å²) in [6.45, 7) is 1.60. The van der Waals surface area contributed by atoms with E-state index in [-0.39, 0.29) is 12.5 Å². The molecule has 1 aromatic carbocycles. The minimum absolute atomic E-state index is 0.233. The molecule has 90 valence electrons. The largest absolute Gasteiger partial charge is 0.480 e. The number of carboxylic acids is 1. The standard InChI is InChI=1S/C12H13NO4/c1-7(14)10(12(16)17)13-6-8-4-2-3-5-9(8)11(13)15/h2-5,7,10,14H,6H2,1H3,(H,16,17)/t7-,10-/m0/s1. The molecule has 2 N–H and O–H groups in total. The summed E-state index contributed by atoms with van der Waals surface area (Å²) in [4.78, 5) is 24.3. The lowest BCUT2D eigenvalue weighted by Crippen LogP contribution is -2.48. The van der Waals surface area contributed by atoms with Crippen LogP contribution in [0.5, 0.6) is 0 Å². The van der Waals surface area contributed by atoms with E-state index in [0.29, 0.717) is 5.56 Å². The molecular formula is C12H13NO4. The highest BCUT2D eigenvalue weighted by Gasteiger charge is 2.38. The normalized spacial score (nSPS) is 17.8. The maximum Gasteiger partial charge on any atom is 0.329 e. The monoisotopic (exact) mass is 235 g/mol. The van der Waals surface area contributed by atoms with Gasteiger partial charge in [-0.2, -0.15) is 0 Å². The van der Waals surface area contributed by atoms with Crippen molar-refractivity contribution in [1.82, 2.24) is 4.90 Å².